The second-order valence-corrected chi connectivity index (χ2v) is 7.05. The molecule has 23 heavy (non-hydrogen) atoms. The lowest BCUT2D eigenvalue weighted by Crippen LogP contribution is -2.16. The van der Waals surface area contributed by atoms with Crippen molar-refractivity contribution in [3.8, 4) is 0 Å². The van der Waals surface area contributed by atoms with Gasteiger partial charge in [-0.15, -0.1) is 6.58 Å². The molecule has 124 valence electrons. The number of benzene rings is 1. The first-order valence-electron chi connectivity index (χ1n) is 8.96. The Morgan fingerprint density at radius 3 is 2.57 bits per heavy atom. The van der Waals surface area contributed by atoms with E-state index in [-0.39, 0.29) is 17.6 Å². The van der Waals surface area contributed by atoms with Crippen molar-refractivity contribution in [1.29, 1.82) is 0 Å². The Labute approximate surface area is 138 Å². The van der Waals surface area contributed by atoms with Crippen LogP contribution in [-0.2, 0) is 6.42 Å². The highest BCUT2D eigenvalue weighted by Crippen LogP contribution is 2.41. The first kappa shape index (κ1) is 16.4. The predicted octanol–water partition coefficient (Wildman–Crippen LogP) is 6.55. The van der Waals surface area contributed by atoms with Crippen molar-refractivity contribution in [1.82, 2.24) is 0 Å². The molecule has 1 aromatic rings. The van der Waals surface area contributed by atoms with Crippen LogP contribution in [0.15, 0.2) is 24.3 Å². The minimum Gasteiger partial charge on any atom is -0.207 e. The quantitative estimate of drug-likeness (QED) is 0.552. The summed E-state index contributed by atoms with van der Waals surface area (Å²) >= 11 is 0. The molecule has 1 aromatic carbocycles. The largest absolute Gasteiger partial charge is 0.207 e. The Kier molecular flexibility index (Phi) is 4.99. The van der Waals surface area contributed by atoms with E-state index in [1.54, 1.807) is 6.07 Å². The summed E-state index contributed by atoms with van der Waals surface area (Å²) in [5, 5.41) is 0. The van der Waals surface area contributed by atoms with Crippen molar-refractivity contribution in [2.45, 2.75) is 64.2 Å². The lowest BCUT2D eigenvalue weighted by molar-refractivity contribution is 0.358. The predicted molar refractivity (Wildman–Crippen MR) is 92.5 cm³/mol. The molecule has 2 aliphatic carbocycles. The van der Waals surface area contributed by atoms with Gasteiger partial charge < -0.3 is 0 Å². The van der Waals surface area contributed by atoms with Crippen LogP contribution in [0.25, 0.3) is 6.08 Å². The molecule has 0 aliphatic heterocycles. The molecular weight excluding hydrogens is 290 g/mol. The average molecular weight is 316 g/mol. The molecule has 0 amide bonds. The number of hydrogen-bond acceptors (Lipinski definition) is 0. The van der Waals surface area contributed by atoms with Crippen molar-refractivity contribution in [2.75, 3.05) is 0 Å². The van der Waals surface area contributed by atoms with Gasteiger partial charge in [0.15, 0.2) is 0 Å². The molecule has 0 spiro atoms. The minimum absolute atomic E-state index is 0.0255. The highest BCUT2D eigenvalue weighted by molar-refractivity contribution is 5.61. The molecule has 0 radical (unpaired) electrons. The molecule has 1 fully saturated rings. The normalized spacial score (nSPS) is 24.0. The van der Waals surface area contributed by atoms with Gasteiger partial charge in [0, 0.05) is 5.56 Å². The Bertz CT molecular complexity index is 619. The Morgan fingerprint density at radius 2 is 1.91 bits per heavy atom. The second kappa shape index (κ2) is 6.98. The third-order valence-electron chi connectivity index (χ3n) is 5.53. The summed E-state index contributed by atoms with van der Waals surface area (Å²) in [6.45, 7) is 5.98. The van der Waals surface area contributed by atoms with Crippen LogP contribution in [0, 0.1) is 17.6 Å². The van der Waals surface area contributed by atoms with Gasteiger partial charge in [-0.05, 0) is 74.0 Å². The number of halogens is 2. The fraction of sp³-hybridized carbons (Fsp3) is 0.524. The zero-order chi connectivity index (χ0) is 16.4. The fourth-order valence-electron chi connectivity index (χ4n) is 4.19. The molecule has 0 aromatic heterocycles. The zero-order valence-electron chi connectivity index (χ0n) is 14.0. The summed E-state index contributed by atoms with van der Waals surface area (Å²) in [7, 11) is 0. The summed E-state index contributed by atoms with van der Waals surface area (Å²) in [5.74, 6) is -0.0850. The minimum atomic E-state index is -0.350. The van der Waals surface area contributed by atoms with Crippen LogP contribution < -0.4 is 0 Å². The summed E-state index contributed by atoms with van der Waals surface area (Å²) in [4.78, 5) is 0. The van der Waals surface area contributed by atoms with Gasteiger partial charge in [0.2, 0.25) is 0 Å². The number of hydrogen-bond donors (Lipinski definition) is 0. The fourth-order valence-corrected chi connectivity index (χ4v) is 4.19. The number of allylic oxidation sites excluding steroid dienone is 2. The van der Waals surface area contributed by atoms with Crippen molar-refractivity contribution in [3.63, 3.8) is 0 Å². The molecule has 3 rings (SSSR count). The monoisotopic (exact) mass is 316 g/mol. The van der Waals surface area contributed by atoms with Crippen molar-refractivity contribution < 1.29 is 8.78 Å². The summed E-state index contributed by atoms with van der Waals surface area (Å²) in [6, 6.07) is 1.57. The van der Waals surface area contributed by atoms with E-state index in [0.717, 1.165) is 56.1 Å². The summed E-state index contributed by atoms with van der Waals surface area (Å²) < 4.78 is 29.6. The van der Waals surface area contributed by atoms with E-state index in [2.05, 4.69) is 13.5 Å². The van der Waals surface area contributed by atoms with E-state index in [1.807, 2.05) is 12.2 Å². The molecular formula is C21H26F2. The standard InChI is InChI=1S/C21H26F2/c1-3-5-15-8-11-18-17(12-15)13-19(22)20(21(18)23)16-9-6-14(4-2)7-10-16/h4,12-14,16H,2-3,5-11H2,1H3. The maximum absolute atomic E-state index is 15.0. The van der Waals surface area contributed by atoms with Crippen LogP contribution >= 0.6 is 0 Å². The van der Waals surface area contributed by atoms with Gasteiger partial charge in [0.25, 0.3) is 0 Å². The van der Waals surface area contributed by atoms with Gasteiger partial charge in [0.05, 0.1) is 0 Å². The molecule has 0 N–H and O–H groups in total. The maximum Gasteiger partial charge on any atom is 0.133 e. The van der Waals surface area contributed by atoms with Crippen LogP contribution in [0.1, 0.15) is 74.5 Å². The third-order valence-corrected chi connectivity index (χ3v) is 5.53. The van der Waals surface area contributed by atoms with Gasteiger partial charge >= 0.3 is 0 Å². The van der Waals surface area contributed by atoms with Crippen molar-refractivity contribution >= 4 is 6.08 Å². The summed E-state index contributed by atoms with van der Waals surface area (Å²) in [5.41, 5.74) is 3.15. The molecule has 1 saturated carbocycles. The topological polar surface area (TPSA) is 0 Å². The van der Waals surface area contributed by atoms with Crippen LogP contribution in [-0.4, -0.2) is 0 Å². The molecule has 0 bridgehead atoms. The first-order valence-corrected chi connectivity index (χ1v) is 8.96. The Hall–Kier alpha value is -1.44. The molecule has 0 saturated heterocycles. The van der Waals surface area contributed by atoms with E-state index in [9.17, 15) is 4.39 Å². The van der Waals surface area contributed by atoms with E-state index < -0.39 is 0 Å². The summed E-state index contributed by atoms with van der Waals surface area (Å²) in [6.07, 6.45) is 11.4. The van der Waals surface area contributed by atoms with Crippen molar-refractivity contribution in [3.05, 3.63) is 52.6 Å². The highest BCUT2D eigenvalue weighted by Gasteiger charge is 2.28. The average Bonchev–Trinajstić information content (AvgIpc) is 2.55. The molecule has 0 heterocycles. The van der Waals surface area contributed by atoms with E-state index in [1.165, 1.54) is 5.57 Å². The van der Waals surface area contributed by atoms with Crippen LogP contribution in [0.4, 0.5) is 8.78 Å². The lowest BCUT2D eigenvalue weighted by atomic mass is 9.77. The van der Waals surface area contributed by atoms with Crippen LogP contribution in [0.5, 0.6) is 0 Å². The zero-order valence-corrected chi connectivity index (χ0v) is 14.0. The Balaban J connectivity index is 1.91. The lowest BCUT2D eigenvalue weighted by Gasteiger charge is -2.29. The molecule has 2 heteroatoms. The van der Waals surface area contributed by atoms with Gasteiger partial charge in [-0.3, -0.25) is 0 Å². The van der Waals surface area contributed by atoms with E-state index in [0.29, 0.717) is 17.9 Å². The number of fused-ring (bicyclic) bond motifs is 1. The molecule has 0 unspecified atom stereocenters. The van der Waals surface area contributed by atoms with Crippen molar-refractivity contribution in [2.24, 2.45) is 5.92 Å². The van der Waals surface area contributed by atoms with E-state index >= 15 is 4.39 Å². The second-order valence-electron chi connectivity index (χ2n) is 7.05. The third kappa shape index (κ3) is 3.27. The first-order chi connectivity index (χ1) is 11.1. The van der Waals surface area contributed by atoms with Crippen LogP contribution in [0.2, 0.25) is 0 Å². The van der Waals surface area contributed by atoms with Gasteiger partial charge in [-0.2, -0.15) is 0 Å². The van der Waals surface area contributed by atoms with Gasteiger partial charge in [-0.25, -0.2) is 8.78 Å². The van der Waals surface area contributed by atoms with Gasteiger partial charge in [0.1, 0.15) is 11.6 Å². The number of rotatable bonds is 4. The molecule has 2 aliphatic rings. The maximum atomic E-state index is 15.0. The SMILES string of the molecule is C=CC1CCC(c2c(F)cc3c(c2F)CCC(CCC)=C3)CC1. The van der Waals surface area contributed by atoms with E-state index in [4.69, 9.17) is 0 Å². The smallest absolute Gasteiger partial charge is 0.133 e. The molecule has 0 atom stereocenters. The molecule has 0 nitrogen and oxygen atoms in total. The Morgan fingerprint density at radius 1 is 1.17 bits per heavy atom. The highest BCUT2D eigenvalue weighted by atomic mass is 19.1. The van der Waals surface area contributed by atoms with Gasteiger partial charge in [-0.1, -0.05) is 31.1 Å². The van der Waals surface area contributed by atoms with Crippen LogP contribution in [0.3, 0.4) is 0 Å².